The van der Waals surface area contributed by atoms with E-state index >= 15 is 0 Å². The average molecular weight is 557 g/mol. The van der Waals surface area contributed by atoms with Gasteiger partial charge in [0, 0.05) is 42.5 Å². The smallest absolute Gasteiger partial charge is 0.390 e. The molecule has 10 heteroatoms. The number of fused-ring (bicyclic) bond motifs is 1. The molecular weight excluding hydrogens is 517 g/mol. The highest BCUT2D eigenvalue weighted by molar-refractivity contribution is 5.94. The Morgan fingerprint density at radius 2 is 1.70 bits per heavy atom. The second kappa shape index (κ2) is 11.7. The van der Waals surface area contributed by atoms with Crippen molar-refractivity contribution in [2.75, 3.05) is 38.0 Å². The van der Waals surface area contributed by atoms with E-state index in [2.05, 4.69) is 60.5 Å². The molecule has 0 atom stereocenters. The zero-order valence-electron chi connectivity index (χ0n) is 22.8. The Morgan fingerprint density at radius 1 is 0.975 bits per heavy atom. The summed E-state index contributed by atoms with van der Waals surface area (Å²) < 4.78 is 40.1. The fourth-order valence-electron chi connectivity index (χ4n) is 6.55. The molecule has 3 aliphatic rings. The topological polar surface area (TPSA) is 78.2 Å². The highest BCUT2D eigenvalue weighted by Crippen LogP contribution is 2.37. The first-order valence-electron chi connectivity index (χ1n) is 14.7. The number of hydrogen-bond donors (Lipinski definition) is 3. The molecule has 2 aliphatic heterocycles. The van der Waals surface area contributed by atoms with E-state index < -0.39 is 12.6 Å². The minimum absolute atomic E-state index is 0.176. The van der Waals surface area contributed by atoms with Crippen LogP contribution in [0.15, 0.2) is 36.7 Å². The van der Waals surface area contributed by atoms with Gasteiger partial charge >= 0.3 is 6.18 Å². The third-order valence-electron chi connectivity index (χ3n) is 9.11. The molecule has 1 saturated carbocycles. The van der Waals surface area contributed by atoms with Crippen LogP contribution in [0.25, 0.3) is 22.2 Å². The number of halogens is 3. The Kier molecular flexibility index (Phi) is 8.01. The number of rotatable bonds is 8. The van der Waals surface area contributed by atoms with Crippen LogP contribution >= 0.6 is 0 Å². The van der Waals surface area contributed by atoms with Crippen LogP contribution in [-0.2, 0) is 6.54 Å². The largest absolute Gasteiger partial charge is 0.393 e. The molecule has 0 spiro atoms. The second-order valence-corrected chi connectivity index (χ2v) is 11.9. The van der Waals surface area contributed by atoms with Crippen LogP contribution in [-0.4, -0.2) is 69.5 Å². The summed E-state index contributed by atoms with van der Waals surface area (Å²) in [6, 6.07) is 8.88. The number of anilines is 1. The van der Waals surface area contributed by atoms with E-state index in [0.29, 0.717) is 0 Å². The van der Waals surface area contributed by atoms with Crippen molar-refractivity contribution < 1.29 is 18.3 Å². The molecule has 0 bridgehead atoms. The van der Waals surface area contributed by atoms with Crippen molar-refractivity contribution >= 4 is 17.0 Å². The predicted octanol–water partition coefficient (Wildman–Crippen LogP) is 5.37. The number of aliphatic hydroxyl groups excluding tert-OH is 1. The summed E-state index contributed by atoms with van der Waals surface area (Å²) in [6.45, 7) is 5.37. The normalized spacial score (nSPS) is 23.4. The average Bonchev–Trinajstić information content (AvgIpc) is 3.28. The van der Waals surface area contributed by atoms with E-state index in [9.17, 15) is 18.3 Å². The number of hydrogen-bond acceptors (Lipinski definition) is 6. The van der Waals surface area contributed by atoms with Gasteiger partial charge < -0.3 is 20.3 Å². The molecule has 3 aromatic rings. The Labute approximate surface area is 233 Å². The van der Waals surface area contributed by atoms with Crippen molar-refractivity contribution in [1.29, 1.82) is 0 Å². The Hall–Kier alpha value is -2.69. The van der Waals surface area contributed by atoms with E-state index in [0.717, 1.165) is 79.3 Å². The lowest BCUT2D eigenvalue weighted by Crippen LogP contribution is -2.49. The van der Waals surface area contributed by atoms with E-state index in [1.807, 2.05) is 0 Å². The monoisotopic (exact) mass is 556 g/mol. The molecule has 0 radical (unpaired) electrons. The third-order valence-corrected chi connectivity index (χ3v) is 9.11. The maximum absolute atomic E-state index is 12.7. The number of likely N-dealkylation sites (tertiary alicyclic amines) is 1. The molecule has 216 valence electrons. The van der Waals surface area contributed by atoms with Crippen LogP contribution in [0.5, 0.6) is 0 Å². The third kappa shape index (κ3) is 6.29. The SMILES string of the molecule is O[C@H]1CC[C@H](n2cc(-c3ccc(CN4CCC(C5CNC5)CC4)cc3)c3cnc(NCCC(F)(F)F)nc32)CC1. The number of piperidine rings is 1. The first kappa shape index (κ1) is 27.5. The molecule has 2 aromatic heterocycles. The van der Waals surface area contributed by atoms with E-state index in [-0.39, 0.29) is 24.6 Å². The predicted molar refractivity (Wildman–Crippen MR) is 150 cm³/mol. The molecule has 3 fully saturated rings. The molecular formula is C30H39F3N6O. The molecule has 0 amide bonds. The number of alkyl halides is 3. The fraction of sp³-hybridized carbons (Fsp3) is 0.600. The molecule has 1 aromatic carbocycles. The van der Waals surface area contributed by atoms with Gasteiger partial charge in [0.05, 0.1) is 12.5 Å². The van der Waals surface area contributed by atoms with Gasteiger partial charge in [-0.3, -0.25) is 4.90 Å². The minimum Gasteiger partial charge on any atom is -0.393 e. The van der Waals surface area contributed by atoms with Gasteiger partial charge in [0.2, 0.25) is 5.95 Å². The van der Waals surface area contributed by atoms with Crippen molar-refractivity contribution in [3.05, 3.63) is 42.2 Å². The lowest BCUT2D eigenvalue weighted by atomic mass is 9.81. The van der Waals surface area contributed by atoms with Crippen LogP contribution < -0.4 is 10.6 Å². The lowest BCUT2D eigenvalue weighted by Gasteiger charge is -2.40. The second-order valence-electron chi connectivity index (χ2n) is 11.9. The molecule has 0 unspecified atom stereocenters. The van der Waals surface area contributed by atoms with Gasteiger partial charge in [-0.15, -0.1) is 0 Å². The van der Waals surface area contributed by atoms with Gasteiger partial charge in [0.15, 0.2) is 0 Å². The van der Waals surface area contributed by atoms with Crippen LogP contribution in [0, 0.1) is 11.8 Å². The number of benzene rings is 1. The first-order valence-corrected chi connectivity index (χ1v) is 14.7. The molecule has 3 N–H and O–H groups in total. The summed E-state index contributed by atoms with van der Waals surface area (Å²) in [5, 5.41) is 17.1. The van der Waals surface area contributed by atoms with Gasteiger partial charge in [-0.25, -0.2) is 4.98 Å². The Bertz CT molecular complexity index is 1270. The van der Waals surface area contributed by atoms with Crippen molar-refractivity contribution in [3.63, 3.8) is 0 Å². The summed E-state index contributed by atoms with van der Waals surface area (Å²) in [4.78, 5) is 11.6. The summed E-state index contributed by atoms with van der Waals surface area (Å²) in [7, 11) is 0. The lowest BCUT2D eigenvalue weighted by molar-refractivity contribution is -0.131. The van der Waals surface area contributed by atoms with Crippen molar-refractivity contribution in [1.82, 2.24) is 24.8 Å². The summed E-state index contributed by atoms with van der Waals surface area (Å²) in [5.41, 5.74) is 4.10. The van der Waals surface area contributed by atoms with Crippen LogP contribution in [0.2, 0.25) is 0 Å². The summed E-state index contributed by atoms with van der Waals surface area (Å²) >= 11 is 0. The number of aliphatic hydroxyl groups is 1. The van der Waals surface area contributed by atoms with Crippen molar-refractivity contribution in [2.24, 2.45) is 11.8 Å². The standard InChI is InChI=1S/C30H39F3N6O/c31-30(32,33)11-12-35-29-36-17-26-27(19-39(28(26)37-29)24-5-7-25(40)8-6-24)22-3-1-20(2-4-22)18-38-13-9-21(10-14-38)23-15-34-16-23/h1-4,17,19,21,23-25,34,40H,5-16,18H2,(H,35,36,37)/t24-,25-. The van der Waals surface area contributed by atoms with Gasteiger partial charge in [-0.2, -0.15) is 18.2 Å². The quantitative estimate of drug-likeness (QED) is 0.346. The molecule has 4 heterocycles. The van der Waals surface area contributed by atoms with Gasteiger partial charge in [0.25, 0.3) is 0 Å². The Morgan fingerprint density at radius 3 is 2.35 bits per heavy atom. The number of nitrogens with one attached hydrogen (secondary N) is 2. The number of aromatic nitrogens is 3. The van der Waals surface area contributed by atoms with E-state index in [1.165, 1.54) is 31.5 Å². The minimum atomic E-state index is -4.23. The molecule has 40 heavy (non-hydrogen) atoms. The first-order chi connectivity index (χ1) is 19.3. The fourth-order valence-corrected chi connectivity index (χ4v) is 6.55. The van der Waals surface area contributed by atoms with E-state index in [1.54, 1.807) is 6.20 Å². The van der Waals surface area contributed by atoms with Crippen molar-refractivity contribution in [2.45, 2.75) is 69.8 Å². The summed E-state index contributed by atoms with van der Waals surface area (Å²) in [6.07, 6.45) is 4.07. The summed E-state index contributed by atoms with van der Waals surface area (Å²) in [5.74, 6) is 1.94. The zero-order chi connectivity index (χ0) is 27.7. The zero-order valence-corrected chi connectivity index (χ0v) is 22.8. The van der Waals surface area contributed by atoms with Crippen LogP contribution in [0.3, 0.4) is 0 Å². The molecule has 2 saturated heterocycles. The highest BCUT2D eigenvalue weighted by atomic mass is 19.4. The van der Waals surface area contributed by atoms with E-state index in [4.69, 9.17) is 0 Å². The molecule has 7 nitrogen and oxygen atoms in total. The maximum Gasteiger partial charge on any atom is 0.390 e. The number of nitrogens with zero attached hydrogens (tertiary/aromatic N) is 4. The van der Waals surface area contributed by atoms with Gasteiger partial charge in [0.1, 0.15) is 5.65 Å². The van der Waals surface area contributed by atoms with Crippen LogP contribution in [0.1, 0.15) is 56.6 Å². The van der Waals surface area contributed by atoms with Crippen LogP contribution in [0.4, 0.5) is 19.1 Å². The van der Waals surface area contributed by atoms with Gasteiger partial charge in [-0.05, 0) is 87.7 Å². The molecule has 6 rings (SSSR count). The highest BCUT2D eigenvalue weighted by Gasteiger charge is 2.30. The Balaban J connectivity index is 1.19. The van der Waals surface area contributed by atoms with Crippen molar-refractivity contribution in [3.8, 4) is 11.1 Å². The maximum atomic E-state index is 12.7. The molecule has 1 aliphatic carbocycles. The van der Waals surface area contributed by atoms with Gasteiger partial charge in [-0.1, -0.05) is 24.3 Å².